The molecule has 0 aliphatic rings. The Hall–Kier alpha value is -2.13. The molecule has 0 aliphatic heterocycles. The van der Waals surface area contributed by atoms with Gasteiger partial charge in [0.2, 0.25) is 0 Å². The highest BCUT2D eigenvalue weighted by Crippen LogP contribution is 2.26. The molecule has 0 amide bonds. The normalized spacial score (nSPS) is 10.2. The van der Waals surface area contributed by atoms with E-state index in [1.165, 1.54) is 0 Å². The molecule has 2 rings (SSSR count). The van der Waals surface area contributed by atoms with E-state index in [1.807, 2.05) is 0 Å². The first-order valence-electron chi connectivity index (χ1n) is 5.17. The minimum Gasteiger partial charge on any atom is -0.478 e. The third-order valence-electron chi connectivity index (χ3n) is 2.55. The Morgan fingerprint density at radius 2 is 1.82 bits per heavy atom. The first-order chi connectivity index (χ1) is 8.24. The zero-order chi connectivity index (χ0) is 12.3. The van der Waals surface area contributed by atoms with Gasteiger partial charge >= 0.3 is 5.97 Å². The summed E-state index contributed by atoms with van der Waals surface area (Å²) in [6.07, 6.45) is 0. The molecule has 0 heterocycles. The topological polar surface area (TPSA) is 57.5 Å². The number of aliphatic hydroxyl groups is 1. The molecule has 0 spiro atoms. The molecule has 2 aromatic rings. The lowest BCUT2D eigenvalue weighted by Crippen LogP contribution is -2.00. The van der Waals surface area contributed by atoms with Gasteiger partial charge in [-0.05, 0) is 28.8 Å². The fourth-order valence-corrected chi connectivity index (χ4v) is 1.76. The molecule has 2 N–H and O–H groups in total. The van der Waals surface area contributed by atoms with Crippen LogP contribution in [0.4, 0.5) is 0 Å². The van der Waals surface area contributed by atoms with Crippen molar-refractivity contribution in [2.75, 3.05) is 0 Å². The van der Waals surface area contributed by atoms with Crippen LogP contribution in [0.5, 0.6) is 0 Å². The lowest BCUT2D eigenvalue weighted by atomic mass is 9.96. The van der Waals surface area contributed by atoms with Gasteiger partial charge in [-0.25, -0.2) is 4.79 Å². The second kappa shape index (κ2) is 4.80. The summed E-state index contributed by atoms with van der Waals surface area (Å²) in [6, 6.07) is 14.9. The van der Waals surface area contributed by atoms with Gasteiger partial charge in [0.05, 0.1) is 12.2 Å². The Kier molecular flexibility index (Phi) is 3.21. The number of carboxylic acid groups (broad SMARTS) is 1. The fourth-order valence-electron chi connectivity index (χ4n) is 1.76. The maximum Gasteiger partial charge on any atom is 0.336 e. The average Bonchev–Trinajstić information content (AvgIpc) is 2.38. The van der Waals surface area contributed by atoms with E-state index < -0.39 is 5.97 Å². The van der Waals surface area contributed by atoms with Crippen molar-refractivity contribution in [1.82, 2.24) is 0 Å². The monoisotopic (exact) mass is 227 g/mol. The summed E-state index contributed by atoms with van der Waals surface area (Å²) >= 11 is 0. The first kappa shape index (κ1) is 11.4. The quantitative estimate of drug-likeness (QED) is 0.846. The van der Waals surface area contributed by atoms with E-state index in [1.54, 1.807) is 42.5 Å². The molecule has 0 unspecified atom stereocenters. The standard InChI is InChI=1S/C14H11O3/c15-9-10-5-1-2-6-11(10)12-7-3-4-8-13(12)14(16)17/h1-4,6-8,15H,9H2,(H,16,17). The highest BCUT2D eigenvalue weighted by atomic mass is 16.4. The smallest absolute Gasteiger partial charge is 0.336 e. The third kappa shape index (κ3) is 2.19. The number of carbonyl (C=O) groups is 1. The second-order valence-electron chi connectivity index (χ2n) is 3.57. The molecule has 3 nitrogen and oxygen atoms in total. The first-order valence-corrected chi connectivity index (χ1v) is 5.17. The molecule has 0 fully saturated rings. The van der Waals surface area contributed by atoms with Crippen LogP contribution in [0.2, 0.25) is 0 Å². The van der Waals surface area contributed by atoms with Crippen LogP contribution in [0.3, 0.4) is 0 Å². The van der Waals surface area contributed by atoms with Gasteiger partial charge in [0, 0.05) is 0 Å². The van der Waals surface area contributed by atoms with E-state index in [4.69, 9.17) is 5.11 Å². The van der Waals surface area contributed by atoms with Gasteiger partial charge in [-0.15, -0.1) is 0 Å². The molecule has 2 aromatic carbocycles. The van der Waals surface area contributed by atoms with Crippen LogP contribution in [0.15, 0.2) is 42.5 Å². The van der Waals surface area contributed by atoms with E-state index in [2.05, 4.69) is 6.07 Å². The van der Waals surface area contributed by atoms with E-state index in [9.17, 15) is 9.90 Å². The number of carboxylic acids is 1. The summed E-state index contributed by atoms with van der Waals surface area (Å²) in [5.74, 6) is -0.978. The fraction of sp³-hybridized carbons (Fsp3) is 0.0714. The van der Waals surface area contributed by atoms with Gasteiger partial charge in [0.1, 0.15) is 0 Å². The number of hydrogen-bond donors (Lipinski definition) is 2. The van der Waals surface area contributed by atoms with Crippen molar-refractivity contribution >= 4 is 5.97 Å². The number of aromatic carboxylic acids is 1. The third-order valence-corrected chi connectivity index (χ3v) is 2.55. The van der Waals surface area contributed by atoms with E-state index >= 15 is 0 Å². The average molecular weight is 227 g/mol. The van der Waals surface area contributed by atoms with Crippen LogP contribution in [0.1, 0.15) is 15.9 Å². The van der Waals surface area contributed by atoms with Crippen LogP contribution in [0.25, 0.3) is 11.1 Å². The lowest BCUT2D eigenvalue weighted by molar-refractivity contribution is 0.0697. The van der Waals surface area contributed by atoms with Gasteiger partial charge in [-0.3, -0.25) is 0 Å². The zero-order valence-electron chi connectivity index (χ0n) is 9.05. The maximum absolute atomic E-state index is 11.1. The molecule has 1 radical (unpaired) electrons. The van der Waals surface area contributed by atoms with Gasteiger partial charge < -0.3 is 10.2 Å². The zero-order valence-corrected chi connectivity index (χ0v) is 9.05. The summed E-state index contributed by atoms with van der Waals surface area (Å²) in [7, 11) is 0. The molecule has 0 saturated carbocycles. The Balaban J connectivity index is 2.64. The summed E-state index contributed by atoms with van der Waals surface area (Å²) < 4.78 is 0. The second-order valence-corrected chi connectivity index (χ2v) is 3.57. The van der Waals surface area contributed by atoms with E-state index in [0.29, 0.717) is 16.7 Å². The van der Waals surface area contributed by atoms with Crippen LogP contribution in [-0.4, -0.2) is 16.2 Å². The number of aliphatic hydroxyl groups excluding tert-OH is 1. The predicted molar refractivity (Wildman–Crippen MR) is 63.6 cm³/mol. The maximum atomic E-state index is 11.1. The molecule has 0 aromatic heterocycles. The Labute approximate surface area is 99.0 Å². The summed E-state index contributed by atoms with van der Waals surface area (Å²) in [6.45, 7) is -0.163. The molecule has 0 aliphatic carbocycles. The highest BCUT2D eigenvalue weighted by Gasteiger charge is 2.12. The Morgan fingerprint density at radius 3 is 2.53 bits per heavy atom. The highest BCUT2D eigenvalue weighted by molar-refractivity contribution is 5.96. The van der Waals surface area contributed by atoms with Gasteiger partial charge in [-0.2, -0.15) is 0 Å². The molecule has 3 heteroatoms. The van der Waals surface area contributed by atoms with Crippen LogP contribution >= 0.6 is 0 Å². The Bertz CT molecular complexity index is 547. The molecule has 85 valence electrons. The summed E-state index contributed by atoms with van der Waals surface area (Å²) in [5.41, 5.74) is 2.12. The van der Waals surface area contributed by atoms with Crippen LogP contribution in [-0.2, 0) is 6.61 Å². The Morgan fingerprint density at radius 1 is 1.12 bits per heavy atom. The number of hydrogen-bond acceptors (Lipinski definition) is 2. The summed E-state index contributed by atoms with van der Waals surface area (Å²) in [5, 5.41) is 18.3. The van der Waals surface area contributed by atoms with Gasteiger partial charge in [0.25, 0.3) is 0 Å². The molecular formula is C14H11O3. The van der Waals surface area contributed by atoms with Gasteiger partial charge in [-0.1, -0.05) is 36.4 Å². The van der Waals surface area contributed by atoms with E-state index in [-0.39, 0.29) is 12.2 Å². The molecule has 0 atom stereocenters. The number of benzene rings is 2. The largest absolute Gasteiger partial charge is 0.478 e. The molecule has 0 bridgehead atoms. The number of rotatable bonds is 3. The van der Waals surface area contributed by atoms with Crippen molar-refractivity contribution in [3.63, 3.8) is 0 Å². The predicted octanol–water partition coefficient (Wildman–Crippen LogP) is 2.34. The van der Waals surface area contributed by atoms with E-state index in [0.717, 1.165) is 0 Å². The van der Waals surface area contributed by atoms with Crippen molar-refractivity contribution < 1.29 is 15.0 Å². The van der Waals surface area contributed by atoms with Crippen LogP contribution in [0, 0.1) is 6.07 Å². The van der Waals surface area contributed by atoms with Crippen molar-refractivity contribution in [3.05, 3.63) is 59.7 Å². The van der Waals surface area contributed by atoms with Crippen LogP contribution < -0.4 is 0 Å². The van der Waals surface area contributed by atoms with Gasteiger partial charge in [0.15, 0.2) is 0 Å². The molecule has 0 saturated heterocycles. The molecule has 17 heavy (non-hydrogen) atoms. The minimum atomic E-state index is -0.978. The minimum absolute atomic E-state index is 0.163. The molecular weight excluding hydrogens is 216 g/mol. The van der Waals surface area contributed by atoms with Crippen molar-refractivity contribution in [1.29, 1.82) is 0 Å². The van der Waals surface area contributed by atoms with Crippen molar-refractivity contribution in [2.24, 2.45) is 0 Å². The summed E-state index contributed by atoms with van der Waals surface area (Å²) in [4.78, 5) is 11.1. The van der Waals surface area contributed by atoms with Crippen molar-refractivity contribution in [3.8, 4) is 11.1 Å². The SMILES string of the molecule is O=C(O)c1ccccc1-c1ccc[c]c1CO. The van der Waals surface area contributed by atoms with Crippen molar-refractivity contribution in [2.45, 2.75) is 6.61 Å². The lowest BCUT2D eigenvalue weighted by Gasteiger charge is -2.09.